The zero-order valence-corrected chi connectivity index (χ0v) is 22.3. The molecule has 0 amide bonds. The molecule has 9 nitrogen and oxygen atoms in total. The summed E-state index contributed by atoms with van der Waals surface area (Å²) in [6, 6.07) is 17.9. The second-order valence-electron chi connectivity index (χ2n) is 9.07. The van der Waals surface area contributed by atoms with Crippen LogP contribution >= 0.6 is 11.6 Å². The lowest BCUT2D eigenvalue weighted by atomic mass is 9.96. The van der Waals surface area contributed by atoms with E-state index >= 15 is 0 Å². The van der Waals surface area contributed by atoms with Crippen molar-refractivity contribution in [1.29, 1.82) is 0 Å². The number of benzene rings is 3. The van der Waals surface area contributed by atoms with Crippen LogP contribution in [0.2, 0.25) is 5.02 Å². The van der Waals surface area contributed by atoms with E-state index in [1.54, 1.807) is 88.6 Å². The number of fused-ring (bicyclic) bond motifs is 1. The van der Waals surface area contributed by atoms with Gasteiger partial charge in [0.1, 0.15) is 5.56 Å². The van der Waals surface area contributed by atoms with E-state index in [-0.39, 0.29) is 22.4 Å². The second kappa shape index (κ2) is 9.85. The SMILES string of the molecule is Cc1nn(C)c(OC(=O)c2ccccc2)c1C(=O)c1ccc2c(c1C)c(=O)n(-c1cccc(Cl)c1)c(=O)n2C. The molecule has 0 fully saturated rings. The van der Waals surface area contributed by atoms with Crippen molar-refractivity contribution >= 4 is 34.3 Å². The summed E-state index contributed by atoms with van der Waals surface area (Å²) in [5.74, 6) is -1.12. The van der Waals surface area contributed by atoms with Gasteiger partial charge in [0.25, 0.3) is 5.56 Å². The molecule has 5 aromatic rings. The molecule has 0 saturated carbocycles. The van der Waals surface area contributed by atoms with E-state index in [1.807, 2.05) is 0 Å². The first-order valence-electron chi connectivity index (χ1n) is 12.0. The third-order valence-corrected chi connectivity index (χ3v) is 6.84. The summed E-state index contributed by atoms with van der Waals surface area (Å²) in [6.07, 6.45) is 0. The van der Waals surface area contributed by atoms with Crippen molar-refractivity contribution in [1.82, 2.24) is 18.9 Å². The number of carbonyl (C=O) groups excluding carboxylic acids is 2. The number of carbonyl (C=O) groups is 2. The van der Waals surface area contributed by atoms with Crippen LogP contribution < -0.4 is 16.0 Å². The predicted molar refractivity (Wildman–Crippen MR) is 147 cm³/mol. The lowest BCUT2D eigenvalue weighted by Crippen LogP contribution is -2.38. The highest BCUT2D eigenvalue weighted by molar-refractivity contribution is 6.30. The molecule has 0 aliphatic carbocycles. The van der Waals surface area contributed by atoms with Gasteiger partial charge in [-0.3, -0.25) is 14.2 Å². The number of esters is 1. The number of halogens is 1. The minimum absolute atomic E-state index is 0.0114. The van der Waals surface area contributed by atoms with Crippen molar-refractivity contribution in [2.24, 2.45) is 14.1 Å². The minimum atomic E-state index is -0.637. The molecule has 2 aromatic heterocycles. The van der Waals surface area contributed by atoms with E-state index in [0.717, 1.165) is 4.57 Å². The maximum atomic E-state index is 13.9. The van der Waals surface area contributed by atoms with Crippen LogP contribution in [-0.2, 0) is 14.1 Å². The molecule has 196 valence electrons. The molecule has 0 atom stereocenters. The fourth-order valence-corrected chi connectivity index (χ4v) is 4.84. The van der Waals surface area contributed by atoms with Crippen molar-refractivity contribution < 1.29 is 14.3 Å². The fourth-order valence-electron chi connectivity index (χ4n) is 4.66. The van der Waals surface area contributed by atoms with Gasteiger partial charge in [-0.1, -0.05) is 35.9 Å². The summed E-state index contributed by atoms with van der Waals surface area (Å²) in [7, 11) is 3.13. The molecule has 0 radical (unpaired) electrons. The first-order chi connectivity index (χ1) is 18.6. The van der Waals surface area contributed by atoms with E-state index < -0.39 is 23.0 Å². The molecule has 0 saturated heterocycles. The largest absolute Gasteiger partial charge is 0.403 e. The summed E-state index contributed by atoms with van der Waals surface area (Å²) in [5, 5.41) is 4.87. The number of aromatic nitrogens is 4. The molecule has 10 heteroatoms. The lowest BCUT2D eigenvalue weighted by molar-refractivity contribution is 0.0718. The zero-order valence-electron chi connectivity index (χ0n) is 21.6. The van der Waals surface area contributed by atoms with Gasteiger partial charge in [0.15, 0.2) is 0 Å². The number of aryl methyl sites for hydroxylation is 4. The highest BCUT2D eigenvalue weighted by Gasteiger charge is 2.28. The van der Waals surface area contributed by atoms with Crippen molar-refractivity contribution in [3.05, 3.63) is 121 Å². The van der Waals surface area contributed by atoms with E-state index in [2.05, 4.69) is 5.10 Å². The zero-order chi connectivity index (χ0) is 28.0. The second-order valence-corrected chi connectivity index (χ2v) is 9.50. The maximum absolute atomic E-state index is 13.9. The van der Waals surface area contributed by atoms with E-state index in [0.29, 0.717) is 33.0 Å². The Bertz CT molecular complexity index is 1920. The molecule has 0 aliphatic heterocycles. The Morgan fingerprint density at radius 2 is 1.64 bits per heavy atom. The Kier molecular flexibility index (Phi) is 6.53. The van der Waals surface area contributed by atoms with E-state index in [1.165, 1.54) is 15.3 Å². The van der Waals surface area contributed by atoms with Gasteiger partial charge >= 0.3 is 11.7 Å². The molecule has 39 heavy (non-hydrogen) atoms. The van der Waals surface area contributed by atoms with Crippen LogP contribution in [0.4, 0.5) is 0 Å². The predicted octanol–water partition coefficient (Wildman–Crippen LogP) is 4.14. The highest BCUT2D eigenvalue weighted by atomic mass is 35.5. The minimum Gasteiger partial charge on any atom is -0.403 e. The van der Waals surface area contributed by atoms with Crippen LogP contribution in [0.25, 0.3) is 16.6 Å². The van der Waals surface area contributed by atoms with Crippen molar-refractivity contribution in [2.45, 2.75) is 13.8 Å². The standard InChI is InChI=1S/C29H23ClN4O5/c1-16-21(25(35)24-17(2)31-33(4)27(24)39-28(37)18-9-6-5-7-10-18)13-14-22-23(16)26(36)34(29(38)32(22)3)20-12-8-11-19(30)15-20/h5-15H,1-4H3. The quantitative estimate of drug-likeness (QED) is 0.244. The molecule has 0 unspecified atom stereocenters. The summed E-state index contributed by atoms with van der Waals surface area (Å²) >= 11 is 6.12. The van der Waals surface area contributed by atoms with Gasteiger partial charge < -0.3 is 4.74 Å². The fraction of sp³-hybridized carbons (Fsp3) is 0.138. The average molecular weight is 543 g/mol. The van der Waals surface area contributed by atoms with Crippen molar-refractivity contribution in [2.75, 3.05) is 0 Å². The Morgan fingerprint density at radius 3 is 2.33 bits per heavy atom. The summed E-state index contributed by atoms with van der Waals surface area (Å²) in [5.41, 5.74) is 0.910. The number of hydrogen-bond acceptors (Lipinski definition) is 6. The Morgan fingerprint density at radius 1 is 0.923 bits per heavy atom. The van der Waals surface area contributed by atoms with Crippen LogP contribution in [0.3, 0.4) is 0 Å². The normalized spacial score (nSPS) is 11.1. The van der Waals surface area contributed by atoms with Crippen molar-refractivity contribution in [3.8, 4) is 11.6 Å². The molecule has 0 aliphatic rings. The van der Waals surface area contributed by atoms with Gasteiger partial charge in [-0.05, 0) is 61.9 Å². The molecule has 5 rings (SSSR count). The van der Waals surface area contributed by atoms with Gasteiger partial charge in [-0.15, -0.1) is 0 Å². The molecule has 3 aromatic carbocycles. The summed E-state index contributed by atoms with van der Waals surface area (Å²) in [4.78, 5) is 53.5. The lowest BCUT2D eigenvalue weighted by Gasteiger charge is -2.15. The maximum Gasteiger partial charge on any atom is 0.344 e. The van der Waals surface area contributed by atoms with Crippen LogP contribution in [0.1, 0.15) is 37.5 Å². The molecule has 2 heterocycles. The van der Waals surface area contributed by atoms with E-state index in [9.17, 15) is 19.2 Å². The number of hydrogen-bond donors (Lipinski definition) is 0. The third kappa shape index (κ3) is 4.36. The van der Waals surface area contributed by atoms with E-state index in [4.69, 9.17) is 16.3 Å². The Hall–Kier alpha value is -4.76. The topological polar surface area (TPSA) is 105 Å². The molecule has 0 spiro atoms. The van der Waals surface area contributed by atoms with Gasteiger partial charge in [-0.25, -0.2) is 18.8 Å². The monoisotopic (exact) mass is 542 g/mol. The highest BCUT2D eigenvalue weighted by Crippen LogP contribution is 2.28. The van der Waals surface area contributed by atoms with Crippen LogP contribution in [0.15, 0.2) is 76.3 Å². The number of nitrogens with zero attached hydrogens (tertiary/aromatic N) is 4. The smallest absolute Gasteiger partial charge is 0.344 e. The number of ketones is 1. The van der Waals surface area contributed by atoms with Gasteiger partial charge in [-0.2, -0.15) is 5.10 Å². The first kappa shape index (κ1) is 25.9. The van der Waals surface area contributed by atoms with Gasteiger partial charge in [0.2, 0.25) is 11.7 Å². The number of ether oxygens (including phenoxy) is 1. The molecule has 0 bridgehead atoms. The van der Waals surface area contributed by atoms with Gasteiger partial charge in [0, 0.05) is 24.7 Å². The Labute approximate surface area is 227 Å². The molecule has 0 N–H and O–H groups in total. The first-order valence-corrected chi connectivity index (χ1v) is 12.3. The average Bonchev–Trinajstić information content (AvgIpc) is 3.19. The van der Waals surface area contributed by atoms with Crippen LogP contribution in [0.5, 0.6) is 5.88 Å². The Balaban J connectivity index is 1.67. The summed E-state index contributed by atoms with van der Waals surface area (Å²) < 4.78 is 9.32. The van der Waals surface area contributed by atoms with Crippen LogP contribution in [0, 0.1) is 13.8 Å². The van der Waals surface area contributed by atoms with Crippen molar-refractivity contribution in [3.63, 3.8) is 0 Å². The summed E-state index contributed by atoms with van der Waals surface area (Å²) in [6.45, 7) is 3.28. The number of rotatable bonds is 5. The third-order valence-electron chi connectivity index (χ3n) is 6.61. The molecular formula is C29H23ClN4O5. The molecular weight excluding hydrogens is 520 g/mol. The van der Waals surface area contributed by atoms with Crippen LogP contribution in [-0.4, -0.2) is 30.7 Å². The van der Waals surface area contributed by atoms with Gasteiger partial charge in [0.05, 0.1) is 27.8 Å².